The predicted octanol–water partition coefficient (Wildman–Crippen LogP) is -0.653. The quantitative estimate of drug-likeness (QED) is 0.476. The maximum Gasteiger partial charge on any atom is 0.246 e. The van der Waals surface area contributed by atoms with E-state index in [1.807, 2.05) is 0 Å². The Morgan fingerprint density at radius 1 is 1.64 bits per heavy atom. The van der Waals surface area contributed by atoms with Gasteiger partial charge in [0.1, 0.15) is 0 Å². The third-order valence-corrected chi connectivity index (χ3v) is 1.49. The molecule has 11 heavy (non-hydrogen) atoms. The van der Waals surface area contributed by atoms with Gasteiger partial charge in [-0.3, -0.25) is 4.79 Å². The number of rotatable bonds is 4. The smallest absolute Gasteiger partial charge is 0.246 e. The van der Waals surface area contributed by atoms with Gasteiger partial charge >= 0.3 is 0 Å². The topological polar surface area (TPSA) is 75.3 Å². The van der Waals surface area contributed by atoms with E-state index in [0.29, 0.717) is 17.7 Å². The molecule has 0 saturated heterocycles. The van der Waals surface area contributed by atoms with E-state index in [0.717, 1.165) is 0 Å². The van der Waals surface area contributed by atoms with Crippen LogP contribution in [-0.4, -0.2) is 24.7 Å². The molecule has 4 nitrogen and oxygen atoms in total. The van der Waals surface area contributed by atoms with E-state index >= 15 is 0 Å². The normalized spacial score (nSPS) is 12.3. The fourth-order valence-corrected chi connectivity index (χ4v) is 0.758. The fraction of sp³-hybridized carbons (Fsp3) is 0.571. The molecule has 0 aromatic rings. The summed E-state index contributed by atoms with van der Waals surface area (Å²) >= 11 is 0. The Morgan fingerprint density at radius 2 is 2.18 bits per heavy atom. The lowest BCUT2D eigenvalue weighted by Crippen LogP contribution is -2.20. The summed E-state index contributed by atoms with van der Waals surface area (Å²) in [5.74, 6) is -0.481. The molecule has 0 heterocycles. The standard InChI is InChI=1S/C7H14N2O2/c1-5(9-2)6(3-4-10)7(8)11/h9-10H,3-4H2,1-2H3,(H2,8,11). The van der Waals surface area contributed by atoms with Gasteiger partial charge in [-0.2, -0.15) is 0 Å². The van der Waals surface area contributed by atoms with E-state index in [2.05, 4.69) is 5.32 Å². The molecule has 0 fully saturated rings. The number of hydrogen-bond donors (Lipinski definition) is 3. The predicted molar refractivity (Wildman–Crippen MR) is 42.7 cm³/mol. The zero-order valence-electron chi connectivity index (χ0n) is 6.85. The Labute approximate surface area is 66.1 Å². The first-order valence-electron chi connectivity index (χ1n) is 3.41. The number of nitrogens with one attached hydrogen (secondary N) is 1. The summed E-state index contributed by atoms with van der Waals surface area (Å²) in [5.41, 5.74) is 6.22. The maximum absolute atomic E-state index is 10.7. The van der Waals surface area contributed by atoms with Crippen LogP contribution < -0.4 is 11.1 Å². The molecule has 0 unspecified atom stereocenters. The van der Waals surface area contributed by atoms with Crippen LogP contribution in [0.3, 0.4) is 0 Å². The van der Waals surface area contributed by atoms with Crippen LogP contribution in [0.5, 0.6) is 0 Å². The summed E-state index contributed by atoms with van der Waals surface area (Å²) in [6, 6.07) is 0. The lowest BCUT2D eigenvalue weighted by Gasteiger charge is -2.06. The van der Waals surface area contributed by atoms with E-state index in [1.165, 1.54) is 0 Å². The minimum absolute atomic E-state index is 0.0582. The number of aliphatic hydroxyl groups is 1. The number of primary amides is 1. The lowest BCUT2D eigenvalue weighted by molar-refractivity contribution is -0.114. The van der Waals surface area contributed by atoms with Gasteiger partial charge in [0.25, 0.3) is 0 Å². The minimum atomic E-state index is -0.481. The highest BCUT2D eigenvalue weighted by atomic mass is 16.3. The number of carbonyl (C=O) groups is 1. The van der Waals surface area contributed by atoms with E-state index < -0.39 is 5.91 Å². The SMILES string of the molecule is CNC(C)=C(CCO)C(N)=O. The van der Waals surface area contributed by atoms with E-state index in [-0.39, 0.29) is 6.61 Å². The summed E-state index contributed by atoms with van der Waals surface area (Å²) in [6.45, 7) is 1.69. The van der Waals surface area contributed by atoms with Gasteiger partial charge in [-0.1, -0.05) is 0 Å². The Morgan fingerprint density at radius 3 is 2.45 bits per heavy atom. The fourth-order valence-electron chi connectivity index (χ4n) is 0.758. The Kier molecular flexibility index (Phi) is 4.29. The molecule has 0 aliphatic rings. The van der Waals surface area contributed by atoms with Crippen molar-refractivity contribution in [2.75, 3.05) is 13.7 Å². The first-order valence-corrected chi connectivity index (χ1v) is 3.41. The zero-order valence-corrected chi connectivity index (χ0v) is 6.85. The number of hydrogen-bond acceptors (Lipinski definition) is 3. The first-order chi connectivity index (χ1) is 5.13. The van der Waals surface area contributed by atoms with Crippen LogP contribution >= 0.6 is 0 Å². The highest BCUT2D eigenvalue weighted by molar-refractivity contribution is 5.92. The molecule has 0 spiro atoms. The third-order valence-electron chi connectivity index (χ3n) is 1.49. The van der Waals surface area contributed by atoms with Crippen molar-refractivity contribution < 1.29 is 9.90 Å². The molecule has 0 aliphatic carbocycles. The molecule has 0 rings (SSSR count). The van der Waals surface area contributed by atoms with E-state index in [1.54, 1.807) is 14.0 Å². The summed E-state index contributed by atoms with van der Waals surface area (Å²) in [5, 5.41) is 11.4. The van der Waals surface area contributed by atoms with Crippen LogP contribution in [0.15, 0.2) is 11.3 Å². The Balaban J connectivity index is 4.43. The summed E-state index contributed by atoms with van der Waals surface area (Å²) in [6.07, 6.45) is 0.308. The average molecular weight is 158 g/mol. The largest absolute Gasteiger partial charge is 0.396 e. The van der Waals surface area contributed by atoms with Gasteiger partial charge in [0, 0.05) is 31.3 Å². The number of allylic oxidation sites excluding steroid dienone is 1. The van der Waals surface area contributed by atoms with Crippen molar-refractivity contribution in [1.82, 2.24) is 5.32 Å². The van der Waals surface area contributed by atoms with E-state index in [4.69, 9.17) is 10.8 Å². The molecule has 1 amide bonds. The minimum Gasteiger partial charge on any atom is -0.396 e. The summed E-state index contributed by atoms with van der Waals surface area (Å²) in [7, 11) is 1.70. The Bertz CT molecular complexity index is 175. The van der Waals surface area contributed by atoms with Crippen LogP contribution in [-0.2, 0) is 4.79 Å². The van der Waals surface area contributed by atoms with Gasteiger partial charge in [0.2, 0.25) is 5.91 Å². The summed E-state index contributed by atoms with van der Waals surface area (Å²) in [4.78, 5) is 10.7. The van der Waals surface area contributed by atoms with Crippen molar-refractivity contribution in [2.24, 2.45) is 5.73 Å². The highest BCUT2D eigenvalue weighted by Crippen LogP contribution is 2.03. The second-order valence-electron chi connectivity index (χ2n) is 2.19. The molecule has 0 aliphatic heterocycles. The molecule has 4 N–H and O–H groups in total. The van der Waals surface area contributed by atoms with Gasteiger partial charge < -0.3 is 16.2 Å². The van der Waals surface area contributed by atoms with Crippen molar-refractivity contribution in [3.8, 4) is 0 Å². The lowest BCUT2D eigenvalue weighted by atomic mass is 10.1. The van der Waals surface area contributed by atoms with E-state index in [9.17, 15) is 4.79 Å². The molecule has 0 aromatic heterocycles. The number of nitrogens with two attached hydrogens (primary N) is 1. The van der Waals surface area contributed by atoms with Crippen molar-refractivity contribution in [1.29, 1.82) is 0 Å². The van der Waals surface area contributed by atoms with Gasteiger partial charge in [0.05, 0.1) is 0 Å². The van der Waals surface area contributed by atoms with Crippen molar-refractivity contribution in [3.63, 3.8) is 0 Å². The summed E-state index contributed by atoms with van der Waals surface area (Å²) < 4.78 is 0. The maximum atomic E-state index is 10.7. The number of aliphatic hydroxyl groups excluding tert-OH is 1. The highest BCUT2D eigenvalue weighted by Gasteiger charge is 2.06. The van der Waals surface area contributed by atoms with Crippen molar-refractivity contribution in [2.45, 2.75) is 13.3 Å². The van der Waals surface area contributed by atoms with Crippen LogP contribution in [0, 0.1) is 0 Å². The Hall–Kier alpha value is -1.03. The molecule has 0 atom stereocenters. The molecule has 0 aromatic carbocycles. The van der Waals surface area contributed by atoms with Gasteiger partial charge in [0.15, 0.2) is 0 Å². The van der Waals surface area contributed by atoms with Crippen LogP contribution in [0.2, 0.25) is 0 Å². The molecule has 0 saturated carbocycles. The molecular weight excluding hydrogens is 144 g/mol. The van der Waals surface area contributed by atoms with Crippen LogP contribution in [0.1, 0.15) is 13.3 Å². The second kappa shape index (κ2) is 4.73. The molecule has 4 heteroatoms. The van der Waals surface area contributed by atoms with Crippen molar-refractivity contribution >= 4 is 5.91 Å². The first kappa shape index (κ1) is 9.97. The van der Waals surface area contributed by atoms with Gasteiger partial charge in [-0.05, 0) is 6.92 Å². The number of carbonyl (C=O) groups excluding carboxylic acids is 1. The molecule has 0 bridgehead atoms. The number of amides is 1. The van der Waals surface area contributed by atoms with Crippen molar-refractivity contribution in [3.05, 3.63) is 11.3 Å². The zero-order chi connectivity index (χ0) is 8.85. The second-order valence-corrected chi connectivity index (χ2v) is 2.19. The average Bonchev–Trinajstić information content (AvgIpc) is 1.98. The molecular formula is C7H14N2O2. The molecule has 64 valence electrons. The third kappa shape index (κ3) is 3.04. The van der Waals surface area contributed by atoms with Crippen LogP contribution in [0.25, 0.3) is 0 Å². The monoisotopic (exact) mass is 158 g/mol. The van der Waals surface area contributed by atoms with Crippen LogP contribution in [0.4, 0.5) is 0 Å². The molecule has 0 radical (unpaired) electrons. The van der Waals surface area contributed by atoms with Gasteiger partial charge in [-0.25, -0.2) is 0 Å². The van der Waals surface area contributed by atoms with Gasteiger partial charge in [-0.15, -0.1) is 0 Å².